The largest absolute Gasteiger partial charge is 0.0622 e. The summed E-state index contributed by atoms with van der Waals surface area (Å²) in [5.41, 5.74) is 1.50. The van der Waals surface area contributed by atoms with Crippen molar-refractivity contribution < 1.29 is 0 Å². The van der Waals surface area contributed by atoms with Gasteiger partial charge in [0.25, 0.3) is 0 Å². The van der Waals surface area contributed by atoms with Crippen molar-refractivity contribution in [3.05, 3.63) is 35.9 Å². The second-order valence-corrected chi connectivity index (χ2v) is 5.40. The van der Waals surface area contributed by atoms with E-state index in [1.807, 2.05) is 0 Å². The monoisotopic (exact) mass is 216 g/mol. The summed E-state index contributed by atoms with van der Waals surface area (Å²) in [6.07, 6.45) is 10.0. The maximum atomic E-state index is 2.46. The minimum absolute atomic E-state index is 0.917. The van der Waals surface area contributed by atoms with Gasteiger partial charge in [-0.1, -0.05) is 69.4 Å². The molecule has 1 aliphatic rings. The Morgan fingerprint density at radius 1 is 1.06 bits per heavy atom. The van der Waals surface area contributed by atoms with Crippen LogP contribution in [0.25, 0.3) is 0 Å². The number of hydrogen-bond donors (Lipinski definition) is 0. The van der Waals surface area contributed by atoms with Crippen molar-refractivity contribution in [1.29, 1.82) is 0 Å². The molecule has 0 aromatic heterocycles. The van der Waals surface area contributed by atoms with E-state index in [1.54, 1.807) is 0 Å². The maximum absolute atomic E-state index is 2.46. The van der Waals surface area contributed by atoms with Crippen molar-refractivity contribution in [2.24, 2.45) is 11.8 Å². The van der Waals surface area contributed by atoms with Crippen LogP contribution in [-0.2, 0) is 6.42 Å². The summed E-state index contributed by atoms with van der Waals surface area (Å²) in [5, 5.41) is 0. The van der Waals surface area contributed by atoms with Crippen LogP contribution in [0.4, 0.5) is 0 Å². The van der Waals surface area contributed by atoms with Crippen LogP contribution < -0.4 is 0 Å². The van der Waals surface area contributed by atoms with Gasteiger partial charge in [0.15, 0.2) is 0 Å². The fourth-order valence-electron chi connectivity index (χ4n) is 2.98. The van der Waals surface area contributed by atoms with Gasteiger partial charge < -0.3 is 0 Å². The summed E-state index contributed by atoms with van der Waals surface area (Å²) in [5.74, 6) is 1.93. The van der Waals surface area contributed by atoms with Gasteiger partial charge in [-0.15, -0.1) is 0 Å². The molecule has 0 unspecified atom stereocenters. The molecule has 2 rings (SSSR count). The molecule has 88 valence electrons. The van der Waals surface area contributed by atoms with Gasteiger partial charge in [-0.2, -0.15) is 0 Å². The zero-order chi connectivity index (χ0) is 11.2. The molecular weight excluding hydrogens is 192 g/mol. The topological polar surface area (TPSA) is 0 Å². The standard InChI is InChI=1S/C16H24/c1-14(16-10-6-3-7-11-16)12-13-15-8-4-2-5-9-15/h2,4-5,8-9,14,16H,3,6-7,10-13H2,1H3/t14-/m1/s1. The molecule has 0 saturated heterocycles. The molecule has 0 spiro atoms. The second kappa shape index (κ2) is 6.08. The number of benzene rings is 1. The molecule has 16 heavy (non-hydrogen) atoms. The number of aryl methyl sites for hydroxylation is 1. The number of rotatable bonds is 4. The van der Waals surface area contributed by atoms with Crippen molar-refractivity contribution in [2.45, 2.75) is 51.9 Å². The Bertz CT molecular complexity index is 282. The highest BCUT2D eigenvalue weighted by molar-refractivity contribution is 5.14. The lowest BCUT2D eigenvalue weighted by molar-refractivity contribution is 0.252. The molecule has 1 aromatic carbocycles. The Hall–Kier alpha value is -0.780. The van der Waals surface area contributed by atoms with Crippen LogP contribution in [-0.4, -0.2) is 0 Å². The molecule has 1 aromatic rings. The van der Waals surface area contributed by atoms with E-state index in [-0.39, 0.29) is 0 Å². The smallest absolute Gasteiger partial charge is 0.0276 e. The van der Waals surface area contributed by atoms with E-state index in [1.165, 1.54) is 50.5 Å². The summed E-state index contributed by atoms with van der Waals surface area (Å²) >= 11 is 0. The normalized spacial score (nSPS) is 19.6. The van der Waals surface area contributed by atoms with Gasteiger partial charge in [0.2, 0.25) is 0 Å². The maximum Gasteiger partial charge on any atom is -0.0276 e. The first-order chi connectivity index (χ1) is 7.86. The first-order valence-corrected chi connectivity index (χ1v) is 6.90. The minimum atomic E-state index is 0.917. The molecule has 0 nitrogen and oxygen atoms in total. The Labute approximate surface area is 100 Å². The first kappa shape index (κ1) is 11.7. The Morgan fingerprint density at radius 3 is 2.44 bits per heavy atom. The molecule has 1 saturated carbocycles. The summed E-state index contributed by atoms with van der Waals surface area (Å²) < 4.78 is 0. The predicted molar refractivity (Wildman–Crippen MR) is 70.5 cm³/mol. The van der Waals surface area contributed by atoms with Gasteiger partial charge in [0, 0.05) is 0 Å². The van der Waals surface area contributed by atoms with Crippen molar-refractivity contribution in [3.8, 4) is 0 Å². The predicted octanol–water partition coefficient (Wildman–Crippen LogP) is 4.84. The van der Waals surface area contributed by atoms with E-state index in [4.69, 9.17) is 0 Å². The second-order valence-electron chi connectivity index (χ2n) is 5.40. The van der Waals surface area contributed by atoms with E-state index in [2.05, 4.69) is 37.3 Å². The quantitative estimate of drug-likeness (QED) is 0.676. The van der Waals surface area contributed by atoms with Crippen molar-refractivity contribution in [3.63, 3.8) is 0 Å². The molecule has 0 N–H and O–H groups in total. The molecule has 0 bridgehead atoms. The van der Waals surface area contributed by atoms with Gasteiger partial charge in [0.1, 0.15) is 0 Å². The fraction of sp³-hybridized carbons (Fsp3) is 0.625. The SMILES string of the molecule is C[C@H](CCc1ccccc1)C1CCCCC1. The average Bonchev–Trinajstić information content (AvgIpc) is 2.38. The molecule has 0 heteroatoms. The zero-order valence-corrected chi connectivity index (χ0v) is 10.5. The highest BCUT2D eigenvalue weighted by atomic mass is 14.2. The van der Waals surface area contributed by atoms with Gasteiger partial charge in [-0.25, -0.2) is 0 Å². The van der Waals surface area contributed by atoms with Crippen LogP contribution in [0.1, 0.15) is 51.0 Å². The van der Waals surface area contributed by atoms with E-state index in [0.29, 0.717) is 0 Å². The van der Waals surface area contributed by atoms with Crippen LogP contribution in [0.5, 0.6) is 0 Å². The third-order valence-corrected chi connectivity index (χ3v) is 4.19. The summed E-state index contributed by atoms with van der Waals surface area (Å²) in [4.78, 5) is 0. The van der Waals surface area contributed by atoms with Gasteiger partial charge >= 0.3 is 0 Å². The highest BCUT2D eigenvalue weighted by Gasteiger charge is 2.19. The Balaban J connectivity index is 1.76. The molecule has 0 heterocycles. The summed E-state index contributed by atoms with van der Waals surface area (Å²) in [7, 11) is 0. The van der Waals surface area contributed by atoms with Gasteiger partial charge in [0.05, 0.1) is 0 Å². The molecule has 1 aliphatic carbocycles. The third-order valence-electron chi connectivity index (χ3n) is 4.19. The summed E-state index contributed by atoms with van der Waals surface area (Å²) in [6, 6.07) is 10.9. The van der Waals surface area contributed by atoms with E-state index >= 15 is 0 Å². The highest BCUT2D eigenvalue weighted by Crippen LogP contribution is 2.32. The molecule has 1 atom stereocenters. The fourth-order valence-corrected chi connectivity index (χ4v) is 2.98. The Morgan fingerprint density at radius 2 is 1.75 bits per heavy atom. The molecule has 0 aliphatic heterocycles. The zero-order valence-electron chi connectivity index (χ0n) is 10.5. The molecule has 1 fully saturated rings. The lowest BCUT2D eigenvalue weighted by atomic mass is 9.78. The van der Waals surface area contributed by atoms with Crippen LogP contribution >= 0.6 is 0 Å². The van der Waals surface area contributed by atoms with Crippen LogP contribution in [0.15, 0.2) is 30.3 Å². The molecular formula is C16H24. The van der Waals surface area contributed by atoms with E-state index in [0.717, 1.165) is 11.8 Å². The van der Waals surface area contributed by atoms with Gasteiger partial charge in [-0.3, -0.25) is 0 Å². The van der Waals surface area contributed by atoms with Crippen molar-refractivity contribution in [1.82, 2.24) is 0 Å². The van der Waals surface area contributed by atoms with E-state index < -0.39 is 0 Å². The third kappa shape index (κ3) is 3.37. The molecule has 0 radical (unpaired) electrons. The minimum Gasteiger partial charge on any atom is -0.0622 e. The van der Waals surface area contributed by atoms with Crippen LogP contribution in [0, 0.1) is 11.8 Å². The average molecular weight is 216 g/mol. The number of hydrogen-bond acceptors (Lipinski definition) is 0. The summed E-state index contributed by atoms with van der Waals surface area (Å²) in [6.45, 7) is 2.46. The molecule has 0 amide bonds. The van der Waals surface area contributed by atoms with Crippen molar-refractivity contribution in [2.75, 3.05) is 0 Å². The van der Waals surface area contributed by atoms with Gasteiger partial charge in [-0.05, 0) is 30.2 Å². The van der Waals surface area contributed by atoms with Crippen molar-refractivity contribution >= 4 is 0 Å². The van der Waals surface area contributed by atoms with Crippen LogP contribution in [0.3, 0.4) is 0 Å². The van der Waals surface area contributed by atoms with E-state index in [9.17, 15) is 0 Å². The van der Waals surface area contributed by atoms with Crippen LogP contribution in [0.2, 0.25) is 0 Å². The first-order valence-electron chi connectivity index (χ1n) is 6.90. The Kier molecular flexibility index (Phi) is 4.44. The lowest BCUT2D eigenvalue weighted by Crippen LogP contribution is -2.15. The lowest BCUT2D eigenvalue weighted by Gasteiger charge is -2.27.